The zero-order valence-corrected chi connectivity index (χ0v) is 14.8. The first kappa shape index (κ1) is 21.6. The van der Waals surface area contributed by atoms with E-state index in [-0.39, 0.29) is 13.2 Å². The first-order valence-corrected chi connectivity index (χ1v) is 7.92. The molecule has 0 heterocycles. The Morgan fingerprint density at radius 2 is 1.26 bits per heavy atom. The molecule has 0 amide bonds. The van der Waals surface area contributed by atoms with Gasteiger partial charge in [-0.3, -0.25) is 0 Å². The van der Waals surface area contributed by atoms with Crippen LogP contribution < -0.4 is 0 Å². The van der Waals surface area contributed by atoms with E-state index in [4.69, 9.17) is 5.11 Å². The van der Waals surface area contributed by atoms with Gasteiger partial charge in [0, 0.05) is 5.57 Å². The summed E-state index contributed by atoms with van der Waals surface area (Å²) >= 11 is 0. The molecule has 0 aliphatic carbocycles. The van der Waals surface area contributed by atoms with Crippen LogP contribution in [0.3, 0.4) is 0 Å². The molecule has 142 valence electrons. The third-order valence-corrected chi connectivity index (χ3v) is 2.88. The minimum atomic E-state index is -0.708. The molecule has 0 radical (unpaired) electrons. The van der Waals surface area contributed by atoms with E-state index in [1.54, 1.807) is 67.6 Å². The zero-order valence-electron chi connectivity index (χ0n) is 14.8. The first-order valence-electron chi connectivity index (χ1n) is 7.92. The van der Waals surface area contributed by atoms with E-state index in [0.29, 0.717) is 16.7 Å². The second-order valence-electron chi connectivity index (χ2n) is 5.11. The van der Waals surface area contributed by atoms with Gasteiger partial charge in [-0.05, 0) is 31.2 Å². The Balaban J connectivity index is 0.000000345. The van der Waals surface area contributed by atoms with Gasteiger partial charge in [-0.2, -0.15) is 0 Å². The first-order chi connectivity index (χ1) is 13.0. The molecular weight excluding hydrogens is 352 g/mol. The van der Waals surface area contributed by atoms with Gasteiger partial charge in [-0.15, -0.1) is 0 Å². The number of carbonyl (C=O) groups excluding carboxylic acids is 3. The molecule has 2 aromatic rings. The number of ether oxygens (including phenoxy) is 1. The molecule has 1 N–H and O–H groups in total. The maximum Gasteiger partial charge on any atom is 0.386 e. The van der Waals surface area contributed by atoms with Crippen molar-refractivity contribution in [3.63, 3.8) is 0 Å². The largest absolute Gasteiger partial charge is 0.460 e. The van der Waals surface area contributed by atoms with Gasteiger partial charge in [0.2, 0.25) is 0 Å². The fourth-order valence-corrected chi connectivity index (χ4v) is 1.58. The van der Waals surface area contributed by atoms with Gasteiger partial charge in [0.05, 0.1) is 17.7 Å². The summed E-state index contributed by atoms with van der Waals surface area (Å²) in [6.07, 6.45) is 0. The number of aliphatic hydroxyl groups is 1. The Hall–Kier alpha value is -3.45. The Bertz CT molecular complexity index is 703. The molecule has 0 saturated heterocycles. The van der Waals surface area contributed by atoms with Gasteiger partial charge in [-0.1, -0.05) is 43.0 Å². The van der Waals surface area contributed by atoms with Crippen LogP contribution in [0.5, 0.6) is 0 Å². The number of aliphatic hydroxyl groups excluding tert-OH is 1. The molecule has 0 atom stereocenters. The summed E-state index contributed by atoms with van der Waals surface area (Å²) in [7, 11) is 0. The summed E-state index contributed by atoms with van der Waals surface area (Å²) in [5, 5.41) is 8.19. The molecule has 0 aliphatic heterocycles. The molecule has 7 nitrogen and oxygen atoms in total. The molecule has 7 heteroatoms. The molecule has 0 unspecified atom stereocenters. The minimum Gasteiger partial charge on any atom is -0.460 e. The minimum absolute atomic E-state index is 0.0473. The lowest BCUT2D eigenvalue weighted by atomic mass is 10.2. The molecule has 0 aliphatic rings. The van der Waals surface area contributed by atoms with Gasteiger partial charge in [0.1, 0.15) is 6.61 Å². The molecule has 2 rings (SSSR count). The van der Waals surface area contributed by atoms with E-state index in [2.05, 4.69) is 21.1 Å². The number of hydrogen-bond donors (Lipinski definition) is 1. The van der Waals surface area contributed by atoms with Gasteiger partial charge < -0.3 is 9.84 Å². The smallest absolute Gasteiger partial charge is 0.386 e. The van der Waals surface area contributed by atoms with Crippen LogP contribution in [0.1, 0.15) is 27.6 Å². The predicted octanol–water partition coefficient (Wildman–Crippen LogP) is 2.71. The lowest BCUT2D eigenvalue weighted by Crippen LogP contribution is -2.11. The van der Waals surface area contributed by atoms with E-state index in [1.807, 2.05) is 0 Å². The molecule has 0 saturated carbocycles. The summed E-state index contributed by atoms with van der Waals surface area (Å²) in [5.74, 6) is -1.87. The van der Waals surface area contributed by atoms with Crippen molar-refractivity contribution in [2.24, 2.45) is 0 Å². The zero-order chi connectivity index (χ0) is 20.1. The SMILES string of the molecule is C=C(C)C(=O)OCCO.O=C(OOC(=O)c1ccccc1)c1ccccc1. The summed E-state index contributed by atoms with van der Waals surface area (Å²) in [6.45, 7) is 4.81. The molecule has 0 fully saturated rings. The normalized spacial score (nSPS) is 9.26. The highest BCUT2D eigenvalue weighted by molar-refractivity contribution is 5.92. The number of rotatable bonds is 5. The highest BCUT2D eigenvalue weighted by atomic mass is 17.2. The van der Waals surface area contributed by atoms with Gasteiger partial charge in [0.15, 0.2) is 0 Å². The van der Waals surface area contributed by atoms with E-state index < -0.39 is 17.9 Å². The van der Waals surface area contributed by atoms with Crippen LogP contribution in [-0.4, -0.2) is 36.2 Å². The maximum atomic E-state index is 11.5. The topological polar surface area (TPSA) is 99.1 Å². The molecule has 2 aromatic carbocycles. The Morgan fingerprint density at radius 1 is 0.852 bits per heavy atom. The molecule has 27 heavy (non-hydrogen) atoms. The van der Waals surface area contributed by atoms with Crippen LogP contribution in [0.25, 0.3) is 0 Å². The number of carbonyl (C=O) groups is 3. The lowest BCUT2D eigenvalue weighted by Gasteiger charge is -2.02. The predicted molar refractivity (Wildman–Crippen MR) is 96.6 cm³/mol. The van der Waals surface area contributed by atoms with Crippen molar-refractivity contribution in [3.05, 3.63) is 83.9 Å². The maximum absolute atomic E-state index is 11.5. The fraction of sp³-hybridized carbons (Fsp3) is 0.150. The monoisotopic (exact) mass is 372 g/mol. The quantitative estimate of drug-likeness (QED) is 0.373. The van der Waals surface area contributed by atoms with Crippen molar-refractivity contribution >= 4 is 17.9 Å². The summed E-state index contributed by atoms with van der Waals surface area (Å²) in [6, 6.07) is 16.6. The molecule has 0 aromatic heterocycles. The summed E-state index contributed by atoms with van der Waals surface area (Å²) in [5.41, 5.74) is 0.986. The molecule has 0 bridgehead atoms. The van der Waals surface area contributed by atoms with Crippen LogP contribution in [0.15, 0.2) is 72.8 Å². The number of hydrogen-bond acceptors (Lipinski definition) is 7. The van der Waals surface area contributed by atoms with Crippen LogP contribution in [0.2, 0.25) is 0 Å². The second kappa shape index (κ2) is 12.0. The van der Waals surface area contributed by atoms with E-state index in [9.17, 15) is 14.4 Å². The Labute approximate surface area is 156 Å². The molecule has 0 spiro atoms. The Kier molecular flexibility index (Phi) is 9.59. The fourth-order valence-electron chi connectivity index (χ4n) is 1.58. The van der Waals surface area contributed by atoms with Crippen molar-refractivity contribution in [2.75, 3.05) is 13.2 Å². The highest BCUT2D eigenvalue weighted by Crippen LogP contribution is 2.05. The third kappa shape index (κ3) is 8.46. The third-order valence-electron chi connectivity index (χ3n) is 2.88. The van der Waals surface area contributed by atoms with Crippen molar-refractivity contribution in [3.8, 4) is 0 Å². The van der Waals surface area contributed by atoms with E-state index >= 15 is 0 Å². The van der Waals surface area contributed by atoms with E-state index in [0.717, 1.165) is 0 Å². The van der Waals surface area contributed by atoms with Crippen molar-refractivity contribution in [1.29, 1.82) is 0 Å². The van der Waals surface area contributed by atoms with Crippen LogP contribution in [-0.2, 0) is 19.3 Å². The average molecular weight is 372 g/mol. The average Bonchev–Trinajstić information content (AvgIpc) is 2.71. The van der Waals surface area contributed by atoms with Gasteiger partial charge in [0.25, 0.3) is 0 Å². The van der Waals surface area contributed by atoms with Crippen LogP contribution in [0, 0.1) is 0 Å². The van der Waals surface area contributed by atoms with Crippen LogP contribution >= 0.6 is 0 Å². The van der Waals surface area contributed by atoms with E-state index in [1.165, 1.54) is 0 Å². The molecular formula is C20H20O7. The van der Waals surface area contributed by atoms with Crippen molar-refractivity contribution in [1.82, 2.24) is 0 Å². The van der Waals surface area contributed by atoms with Crippen molar-refractivity contribution in [2.45, 2.75) is 6.92 Å². The van der Waals surface area contributed by atoms with Gasteiger partial charge >= 0.3 is 17.9 Å². The van der Waals surface area contributed by atoms with Crippen LogP contribution in [0.4, 0.5) is 0 Å². The Morgan fingerprint density at radius 3 is 1.59 bits per heavy atom. The second-order valence-corrected chi connectivity index (χ2v) is 5.11. The summed E-state index contributed by atoms with van der Waals surface area (Å²) < 4.78 is 4.46. The van der Waals surface area contributed by atoms with Gasteiger partial charge in [-0.25, -0.2) is 24.2 Å². The highest BCUT2D eigenvalue weighted by Gasteiger charge is 2.13. The number of benzene rings is 2. The lowest BCUT2D eigenvalue weighted by molar-refractivity contribution is -0.187. The van der Waals surface area contributed by atoms with Crippen molar-refractivity contribution < 1.29 is 34.0 Å². The number of esters is 1. The summed E-state index contributed by atoms with van der Waals surface area (Å²) in [4.78, 5) is 42.3. The standard InChI is InChI=1S/C14H10O4.C6H10O3/c15-13(11-7-3-1-4-8-11)17-18-14(16)12-9-5-2-6-10-12;1-5(2)6(8)9-4-3-7/h1-10H;7H,1,3-4H2,2H3.